The number of benzene rings is 1. The maximum atomic E-state index is 10.4. The fraction of sp³-hybridized carbons (Fsp3) is 0.143. The number of fused-ring (bicyclic) bond motifs is 1. The summed E-state index contributed by atoms with van der Waals surface area (Å²) in [7, 11) is 0. The maximum Gasteiger partial charge on any atom is 0.419 e. The van der Waals surface area contributed by atoms with Gasteiger partial charge in [0.15, 0.2) is 11.5 Å². The van der Waals surface area contributed by atoms with Gasteiger partial charge < -0.3 is 9.47 Å². The topological polar surface area (TPSA) is 61.6 Å². The standard InChI is InChI=1S/C7H3Cl2NO4/c8-7(9)13-5-2-1-4(10(11)12)3-6(5)14-7/h1-3H. The summed E-state index contributed by atoms with van der Waals surface area (Å²) in [6.07, 6.45) is 0. The first-order chi connectivity index (χ1) is 6.48. The van der Waals surface area contributed by atoms with Crippen LogP contribution in [0.5, 0.6) is 11.5 Å². The Morgan fingerprint density at radius 1 is 1.29 bits per heavy atom. The molecule has 1 aromatic carbocycles. The summed E-state index contributed by atoms with van der Waals surface area (Å²) in [5.41, 5.74) is -0.113. The van der Waals surface area contributed by atoms with Crippen molar-refractivity contribution in [3.8, 4) is 11.5 Å². The van der Waals surface area contributed by atoms with Crippen LogP contribution in [0.1, 0.15) is 0 Å². The molecule has 5 nitrogen and oxygen atoms in total. The fourth-order valence-corrected chi connectivity index (χ4v) is 1.38. The zero-order valence-electron chi connectivity index (χ0n) is 6.57. The SMILES string of the molecule is O=[N+]([O-])c1ccc2c(c1)OC(Cl)(Cl)O2. The fourth-order valence-electron chi connectivity index (χ4n) is 1.05. The van der Waals surface area contributed by atoms with Gasteiger partial charge >= 0.3 is 4.71 Å². The molecule has 1 aliphatic rings. The molecule has 14 heavy (non-hydrogen) atoms. The average Bonchev–Trinajstić information content (AvgIpc) is 2.36. The maximum absolute atomic E-state index is 10.4. The van der Waals surface area contributed by atoms with Crippen LogP contribution in [0, 0.1) is 10.1 Å². The number of nitro groups is 1. The van der Waals surface area contributed by atoms with Crippen LogP contribution >= 0.6 is 23.2 Å². The third kappa shape index (κ3) is 1.56. The summed E-state index contributed by atoms with van der Waals surface area (Å²) >= 11 is 11.0. The van der Waals surface area contributed by atoms with Gasteiger partial charge in [-0.25, -0.2) is 0 Å². The van der Waals surface area contributed by atoms with Gasteiger partial charge in [-0.05, 0) is 29.3 Å². The van der Waals surface area contributed by atoms with Gasteiger partial charge in [-0.3, -0.25) is 10.1 Å². The third-order valence-electron chi connectivity index (χ3n) is 1.60. The number of hydrogen-bond acceptors (Lipinski definition) is 4. The second-order valence-electron chi connectivity index (χ2n) is 2.56. The molecule has 0 saturated carbocycles. The van der Waals surface area contributed by atoms with Crippen LogP contribution in [0.25, 0.3) is 0 Å². The highest BCUT2D eigenvalue weighted by Crippen LogP contribution is 2.44. The Kier molecular flexibility index (Phi) is 1.94. The Morgan fingerprint density at radius 2 is 1.93 bits per heavy atom. The van der Waals surface area contributed by atoms with Gasteiger partial charge in [-0.15, -0.1) is 0 Å². The number of ether oxygens (including phenoxy) is 2. The van der Waals surface area contributed by atoms with Crippen LogP contribution in [0.3, 0.4) is 0 Å². The lowest BCUT2D eigenvalue weighted by Crippen LogP contribution is -2.22. The molecule has 1 aromatic rings. The molecule has 0 spiro atoms. The van der Waals surface area contributed by atoms with Crippen molar-refractivity contribution in [3.05, 3.63) is 28.3 Å². The molecule has 0 amide bonds. The predicted molar refractivity (Wildman–Crippen MR) is 48.8 cm³/mol. The first-order valence-electron chi connectivity index (χ1n) is 3.52. The molecule has 0 radical (unpaired) electrons. The van der Waals surface area contributed by atoms with E-state index in [1.807, 2.05) is 0 Å². The summed E-state index contributed by atoms with van der Waals surface area (Å²) in [4.78, 5) is 9.86. The van der Waals surface area contributed by atoms with Crippen molar-refractivity contribution in [2.75, 3.05) is 0 Å². The van der Waals surface area contributed by atoms with E-state index in [4.69, 9.17) is 32.7 Å². The number of nitrogens with zero attached hydrogens (tertiary/aromatic N) is 1. The van der Waals surface area contributed by atoms with Crippen LogP contribution in [0.15, 0.2) is 18.2 Å². The third-order valence-corrected chi connectivity index (χ3v) is 1.90. The number of nitro benzene ring substituents is 1. The predicted octanol–water partition coefficient (Wildman–Crippen LogP) is 2.45. The van der Waals surface area contributed by atoms with Gasteiger partial charge in [-0.2, -0.15) is 0 Å². The molecule has 7 heteroatoms. The largest absolute Gasteiger partial charge is 0.423 e. The van der Waals surface area contributed by atoms with E-state index in [9.17, 15) is 10.1 Å². The lowest BCUT2D eigenvalue weighted by Gasteiger charge is -2.09. The molecular weight excluding hydrogens is 233 g/mol. The average molecular weight is 236 g/mol. The first kappa shape index (κ1) is 9.36. The molecule has 0 aliphatic carbocycles. The van der Waals surface area contributed by atoms with Gasteiger partial charge in [0.1, 0.15) is 0 Å². The van der Waals surface area contributed by atoms with Crippen LogP contribution in [0.4, 0.5) is 5.69 Å². The van der Waals surface area contributed by atoms with Gasteiger partial charge in [0, 0.05) is 6.07 Å². The Hall–Kier alpha value is -1.20. The van der Waals surface area contributed by atoms with Gasteiger partial charge in [0.05, 0.1) is 11.0 Å². The highest BCUT2D eigenvalue weighted by atomic mass is 35.5. The van der Waals surface area contributed by atoms with Gasteiger partial charge in [0.2, 0.25) is 0 Å². The smallest absolute Gasteiger partial charge is 0.419 e. The van der Waals surface area contributed by atoms with E-state index in [1.165, 1.54) is 18.2 Å². The quantitative estimate of drug-likeness (QED) is 0.426. The molecule has 0 N–H and O–H groups in total. The van der Waals surface area contributed by atoms with Crippen LogP contribution in [-0.4, -0.2) is 9.63 Å². The summed E-state index contributed by atoms with van der Waals surface area (Å²) in [5.74, 6) is 0.435. The highest BCUT2D eigenvalue weighted by molar-refractivity contribution is 6.46. The van der Waals surface area contributed by atoms with Crippen LogP contribution in [-0.2, 0) is 0 Å². The van der Waals surface area contributed by atoms with Crippen molar-refractivity contribution in [3.63, 3.8) is 0 Å². The number of halogens is 2. The van der Waals surface area contributed by atoms with Crippen molar-refractivity contribution in [2.24, 2.45) is 0 Å². The Bertz CT molecular complexity index is 407. The van der Waals surface area contributed by atoms with Crippen molar-refractivity contribution in [2.45, 2.75) is 4.71 Å². The molecule has 1 heterocycles. The minimum Gasteiger partial charge on any atom is -0.423 e. The lowest BCUT2D eigenvalue weighted by molar-refractivity contribution is -0.384. The summed E-state index contributed by atoms with van der Waals surface area (Å²) in [5, 5.41) is 10.4. The lowest BCUT2D eigenvalue weighted by atomic mass is 10.3. The zero-order chi connectivity index (χ0) is 10.3. The van der Waals surface area contributed by atoms with E-state index in [2.05, 4.69) is 0 Å². The molecule has 0 aromatic heterocycles. The van der Waals surface area contributed by atoms with E-state index >= 15 is 0 Å². The minimum absolute atomic E-state index is 0.113. The van der Waals surface area contributed by atoms with E-state index in [0.717, 1.165) is 0 Å². The van der Waals surface area contributed by atoms with Crippen molar-refractivity contribution in [1.82, 2.24) is 0 Å². The zero-order valence-corrected chi connectivity index (χ0v) is 8.08. The van der Waals surface area contributed by atoms with Crippen LogP contribution < -0.4 is 9.47 Å². The molecular formula is C7H3Cl2NO4. The van der Waals surface area contributed by atoms with Crippen molar-refractivity contribution < 1.29 is 14.4 Å². The van der Waals surface area contributed by atoms with Gasteiger partial charge in [0.25, 0.3) is 5.69 Å². The molecule has 0 bridgehead atoms. The van der Waals surface area contributed by atoms with E-state index < -0.39 is 9.63 Å². The molecule has 0 atom stereocenters. The molecule has 74 valence electrons. The monoisotopic (exact) mass is 235 g/mol. The van der Waals surface area contributed by atoms with Crippen molar-refractivity contribution in [1.29, 1.82) is 0 Å². The molecule has 2 rings (SSSR count). The summed E-state index contributed by atoms with van der Waals surface area (Å²) in [6.45, 7) is 0. The Balaban J connectivity index is 2.40. The first-order valence-corrected chi connectivity index (χ1v) is 4.28. The second-order valence-corrected chi connectivity index (χ2v) is 3.74. The van der Waals surface area contributed by atoms with Crippen molar-refractivity contribution >= 4 is 28.9 Å². The Morgan fingerprint density at radius 3 is 2.57 bits per heavy atom. The van der Waals surface area contributed by atoms with Crippen LogP contribution in [0.2, 0.25) is 0 Å². The number of alkyl halides is 2. The van der Waals surface area contributed by atoms with E-state index in [0.29, 0.717) is 0 Å². The van der Waals surface area contributed by atoms with E-state index in [1.54, 1.807) is 0 Å². The highest BCUT2D eigenvalue weighted by Gasteiger charge is 2.38. The number of rotatable bonds is 1. The summed E-state index contributed by atoms with van der Waals surface area (Å²) in [6, 6.07) is 3.85. The number of non-ortho nitro benzene ring substituents is 1. The number of hydrogen-bond donors (Lipinski definition) is 0. The second kappa shape index (κ2) is 2.90. The normalized spacial score (nSPS) is 16.7. The minimum atomic E-state index is -1.79. The molecule has 0 saturated heterocycles. The summed E-state index contributed by atoms with van der Waals surface area (Å²) < 4.78 is 8.01. The Labute approximate surface area is 88.3 Å². The molecule has 0 fully saturated rings. The van der Waals surface area contributed by atoms with E-state index in [-0.39, 0.29) is 17.2 Å². The molecule has 1 aliphatic heterocycles. The van der Waals surface area contributed by atoms with Gasteiger partial charge in [-0.1, -0.05) is 0 Å². The molecule has 0 unspecified atom stereocenters.